The minimum atomic E-state index is -2.12. The molecule has 3 aromatic rings. The highest BCUT2D eigenvalue weighted by atomic mass is 35.5. The van der Waals surface area contributed by atoms with Crippen molar-refractivity contribution in [1.82, 2.24) is 15.2 Å². The second-order valence-corrected chi connectivity index (χ2v) is 14.8. The van der Waals surface area contributed by atoms with Crippen LogP contribution in [0.4, 0.5) is 0 Å². The van der Waals surface area contributed by atoms with Gasteiger partial charge in [0.1, 0.15) is 24.1 Å². The topological polar surface area (TPSA) is 199 Å². The van der Waals surface area contributed by atoms with E-state index < -0.39 is 49.4 Å². The largest absolute Gasteiger partial charge is 0.490 e. The predicted octanol–water partition coefficient (Wildman–Crippen LogP) is 2.73. The third-order valence-electron chi connectivity index (χ3n) is 9.22. The summed E-state index contributed by atoms with van der Waals surface area (Å²) in [5.74, 6) is -0.126. The molecule has 2 aromatic carbocycles. The Balaban J connectivity index is 1.12. The van der Waals surface area contributed by atoms with E-state index in [0.717, 1.165) is 75.7 Å². The molecule has 276 valence electrons. The zero-order chi connectivity index (χ0) is 36.5. The number of hydrogen-bond donors (Lipinski definition) is 7. The van der Waals surface area contributed by atoms with Gasteiger partial charge in [0.15, 0.2) is 6.10 Å². The summed E-state index contributed by atoms with van der Waals surface area (Å²) in [4.78, 5) is 30.9. The molecule has 0 saturated heterocycles. The first-order valence-electron chi connectivity index (χ1n) is 17.3. The molecule has 14 heteroatoms. The molecule has 0 radical (unpaired) electrons. The third-order valence-corrected chi connectivity index (χ3v) is 10.7. The van der Waals surface area contributed by atoms with Gasteiger partial charge in [0.05, 0.1) is 19.3 Å². The Labute approximate surface area is 307 Å². The van der Waals surface area contributed by atoms with E-state index in [1.54, 1.807) is 11.8 Å². The summed E-state index contributed by atoms with van der Waals surface area (Å²) in [5.41, 5.74) is 9.41. The average molecular weight is 743 g/mol. The third kappa shape index (κ3) is 10.4. The number of rotatable bonds is 21. The highest BCUT2D eigenvalue weighted by Gasteiger charge is 2.46. The maximum atomic E-state index is 12.8. The number of halogens is 1. The summed E-state index contributed by atoms with van der Waals surface area (Å²) in [6, 6.07) is 16.2. The van der Waals surface area contributed by atoms with Crippen molar-refractivity contribution in [2.45, 2.75) is 92.4 Å². The molecule has 0 unspecified atom stereocenters. The molecule has 5 rings (SSSR count). The molecule has 1 aromatic heterocycles. The quantitative estimate of drug-likeness (QED) is 0.0626. The number of aliphatic hydroxyl groups excluding tert-OH is 5. The molecule has 4 atom stereocenters. The molecule has 2 saturated carbocycles. The highest BCUT2D eigenvalue weighted by molar-refractivity contribution is 7.99. The lowest BCUT2D eigenvalue weighted by atomic mass is 9.94. The van der Waals surface area contributed by atoms with Gasteiger partial charge in [-0.15, -0.1) is 11.8 Å². The first-order chi connectivity index (χ1) is 24.5. The lowest BCUT2D eigenvalue weighted by molar-refractivity contribution is -0.159. The molecule has 1 heterocycles. The number of thioether (sulfide) groups is 1. The van der Waals surface area contributed by atoms with E-state index in [1.807, 2.05) is 42.7 Å². The normalized spacial score (nSPS) is 17.3. The van der Waals surface area contributed by atoms with Crippen LogP contribution in [0.2, 0.25) is 5.02 Å². The first kappa shape index (κ1) is 38.9. The van der Waals surface area contributed by atoms with Crippen LogP contribution in [0.1, 0.15) is 56.1 Å². The lowest BCUT2D eigenvalue weighted by Crippen LogP contribution is -2.53. The van der Waals surface area contributed by atoms with Crippen molar-refractivity contribution in [3.63, 3.8) is 0 Å². The van der Waals surface area contributed by atoms with E-state index >= 15 is 0 Å². The van der Waals surface area contributed by atoms with E-state index in [-0.39, 0.29) is 12.1 Å². The van der Waals surface area contributed by atoms with Gasteiger partial charge in [-0.3, -0.25) is 14.6 Å². The molecule has 2 amide bonds. The summed E-state index contributed by atoms with van der Waals surface area (Å²) in [6.07, 6.45) is 2.33. The summed E-state index contributed by atoms with van der Waals surface area (Å²) < 4.78 is 6.25. The Morgan fingerprint density at radius 3 is 2.51 bits per heavy atom. The van der Waals surface area contributed by atoms with Crippen molar-refractivity contribution in [2.24, 2.45) is 5.73 Å². The van der Waals surface area contributed by atoms with Gasteiger partial charge < -0.3 is 46.2 Å². The zero-order valence-corrected chi connectivity index (χ0v) is 29.9. The molecular weight excluding hydrogens is 696 g/mol. The number of pyridine rings is 1. The van der Waals surface area contributed by atoms with E-state index in [4.69, 9.17) is 27.2 Å². The molecule has 12 nitrogen and oxygen atoms in total. The van der Waals surface area contributed by atoms with Crippen molar-refractivity contribution in [3.8, 4) is 16.9 Å². The van der Waals surface area contributed by atoms with Crippen molar-refractivity contribution in [1.29, 1.82) is 0 Å². The van der Waals surface area contributed by atoms with Crippen LogP contribution in [-0.4, -0.2) is 103 Å². The second-order valence-electron chi connectivity index (χ2n) is 13.2. The number of nitrogens with zero attached hydrogens (tertiary/aromatic N) is 2. The Hall–Kier alpha value is -3.27. The summed E-state index contributed by atoms with van der Waals surface area (Å²) in [5, 5.41) is 53.2. The Bertz CT molecular complexity index is 1640. The molecule has 0 bridgehead atoms. The molecule has 2 aliphatic carbocycles. The molecule has 2 aliphatic rings. The van der Waals surface area contributed by atoms with Crippen LogP contribution >= 0.6 is 23.4 Å². The summed E-state index contributed by atoms with van der Waals surface area (Å²) in [6.45, 7) is -0.688. The molecule has 0 spiro atoms. The summed E-state index contributed by atoms with van der Waals surface area (Å²) in [7, 11) is 0. The van der Waals surface area contributed by atoms with Crippen LogP contribution in [0, 0.1) is 0 Å². The number of unbranched alkanes of at least 4 members (excludes halogenated alkanes) is 2. The second kappa shape index (κ2) is 18.0. The maximum absolute atomic E-state index is 12.8. The number of carbonyl (C=O) groups is 2. The van der Waals surface area contributed by atoms with Crippen LogP contribution < -0.4 is 15.8 Å². The SMILES string of the molecule is NC(=O)CN(CCCCCSc1ccc(Cl)c(CNC2(c3cnccc3-c3ccccc3OC3CC3)CC2)c1)C(=O)[C@@H](O)[C@@H](O)[C@H](O)[C@@H](O)CO. The number of primary amides is 1. The molecular formula is C37H47ClN4O8S. The van der Waals surface area contributed by atoms with Crippen LogP contribution in [0.25, 0.3) is 11.1 Å². The molecule has 0 aliphatic heterocycles. The van der Waals surface area contributed by atoms with Crippen molar-refractivity contribution >= 4 is 35.2 Å². The predicted molar refractivity (Wildman–Crippen MR) is 194 cm³/mol. The monoisotopic (exact) mass is 742 g/mol. The molecule has 51 heavy (non-hydrogen) atoms. The van der Waals surface area contributed by atoms with Gasteiger partial charge >= 0.3 is 0 Å². The van der Waals surface area contributed by atoms with Gasteiger partial charge in [-0.05, 0) is 91.3 Å². The van der Waals surface area contributed by atoms with Crippen molar-refractivity contribution in [3.05, 3.63) is 77.1 Å². The van der Waals surface area contributed by atoms with Gasteiger partial charge in [-0.1, -0.05) is 36.2 Å². The fraction of sp³-hybridized carbons (Fsp3) is 0.486. The number of ether oxygens (including phenoxy) is 1. The summed E-state index contributed by atoms with van der Waals surface area (Å²) >= 11 is 8.34. The Morgan fingerprint density at radius 2 is 1.80 bits per heavy atom. The van der Waals surface area contributed by atoms with E-state index in [2.05, 4.69) is 28.5 Å². The number of aliphatic hydroxyl groups is 5. The van der Waals surface area contributed by atoms with Crippen LogP contribution in [-0.2, 0) is 21.7 Å². The number of hydrogen-bond acceptors (Lipinski definition) is 11. The van der Waals surface area contributed by atoms with E-state index in [0.29, 0.717) is 30.5 Å². The smallest absolute Gasteiger partial charge is 0.254 e. The van der Waals surface area contributed by atoms with Crippen LogP contribution in [0.15, 0.2) is 65.8 Å². The Morgan fingerprint density at radius 1 is 1.04 bits per heavy atom. The van der Waals surface area contributed by atoms with Crippen LogP contribution in [0.3, 0.4) is 0 Å². The number of nitrogens with one attached hydrogen (secondary N) is 1. The van der Waals surface area contributed by atoms with Gasteiger partial charge in [0.25, 0.3) is 5.91 Å². The Kier molecular flexibility index (Phi) is 13.7. The molecule has 2 fully saturated rings. The maximum Gasteiger partial charge on any atom is 0.254 e. The first-order valence-corrected chi connectivity index (χ1v) is 18.7. The number of carbonyl (C=O) groups excluding carboxylic acids is 2. The van der Waals surface area contributed by atoms with Crippen molar-refractivity contribution in [2.75, 3.05) is 25.4 Å². The number of para-hydroxylation sites is 1. The van der Waals surface area contributed by atoms with Gasteiger partial charge in [-0.2, -0.15) is 0 Å². The van der Waals surface area contributed by atoms with Gasteiger partial charge in [0, 0.05) is 46.5 Å². The number of benzene rings is 2. The average Bonchev–Trinajstić information content (AvgIpc) is 4.08. The van der Waals surface area contributed by atoms with Crippen molar-refractivity contribution < 1.29 is 39.9 Å². The van der Waals surface area contributed by atoms with E-state index in [1.165, 1.54) is 0 Å². The lowest BCUT2D eigenvalue weighted by Gasteiger charge is -2.29. The standard InChI is InChI=1S/C37H47ClN4O8S/c38-29-11-10-25(51-17-5-1-4-16-42(21-32(39)45)36(49)35(48)34(47)33(46)30(44)22-43)18-23(29)19-41-37(13-14-37)28-20-40-15-12-26(28)27-6-2-3-7-31(27)50-24-8-9-24/h2-3,6-7,10-12,15,18,20,24,30,33-35,41,43-44,46-48H,1,4-5,8-9,13-14,16-17,19,21-22H2,(H2,39,45)/t30-,33+,34-,35-/m0/s1. The van der Waals surface area contributed by atoms with E-state index in [9.17, 15) is 30.0 Å². The van der Waals surface area contributed by atoms with Gasteiger partial charge in [0.2, 0.25) is 5.91 Å². The van der Waals surface area contributed by atoms with Gasteiger partial charge in [-0.25, -0.2) is 0 Å². The fourth-order valence-electron chi connectivity index (χ4n) is 5.96. The highest BCUT2D eigenvalue weighted by Crippen LogP contribution is 2.50. The number of aromatic nitrogens is 1. The minimum Gasteiger partial charge on any atom is -0.490 e. The minimum absolute atomic E-state index is 0.0884. The fourth-order valence-corrected chi connectivity index (χ4v) is 7.12. The molecule has 8 N–H and O–H groups in total. The number of nitrogens with two attached hydrogens (primary N) is 1. The van der Waals surface area contributed by atoms with Crippen LogP contribution in [0.5, 0.6) is 5.75 Å². The zero-order valence-electron chi connectivity index (χ0n) is 28.4. The number of amides is 2.